The Morgan fingerprint density at radius 3 is 2.94 bits per heavy atom. The number of hydrogen-bond acceptors (Lipinski definition) is 5. The van der Waals surface area contributed by atoms with E-state index in [0.29, 0.717) is 11.6 Å². The standard InChI is InChI=1S/C12H11BrN4S/c1-8-6-9(7-14)17-12(16-8)15-5-4-10-2-3-11(13)18-10/h2-3,6H,4-5H2,1H3,(H,15,16,17). The third kappa shape index (κ3) is 3.52. The van der Waals surface area contributed by atoms with Gasteiger partial charge in [-0.1, -0.05) is 0 Å². The van der Waals surface area contributed by atoms with E-state index in [9.17, 15) is 0 Å². The number of anilines is 1. The first-order chi connectivity index (χ1) is 8.67. The molecule has 0 saturated carbocycles. The molecule has 0 atom stereocenters. The van der Waals surface area contributed by atoms with Crippen LogP contribution >= 0.6 is 27.3 Å². The Balaban J connectivity index is 1.94. The lowest BCUT2D eigenvalue weighted by molar-refractivity contribution is 0.983. The van der Waals surface area contributed by atoms with Gasteiger partial charge in [-0.25, -0.2) is 9.97 Å². The van der Waals surface area contributed by atoms with Gasteiger partial charge in [-0.3, -0.25) is 0 Å². The molecule has 6 heteroatoms. The van der Waals surface area contributed by atoms with Crippen molar-refractivity contribution >= 4 is 33.2 Å². The molecule has 18 heavy (non-hydrogen) atoms. The Bertz CT molecular complexity index is 588. The number of thiophene rings is 1. The Morgan fingerprint density at radius 2 is 2.28 bits per heavy atom. The van der Waals surface area contributed by atoms with Crippen molar-refractivity contribution in [2.75, 3.05) is 11.9 Å². The lowest BCUT2D eigenvalue weighted by Crippen LogP contribution is -2.08. The summed E-state index contributed by atoms with van der Waals surface area (Å²) in [6, 6.07) is 7.82. The van der Waals surface area contributed by atoms with Crippen LogP contribution in [0.3, 0.4) is 0 Å². The van der Waals surface area contributed by atoms with Gasteiger partial charge in [0, 0.05) is 17.1 Å². The van der Waals surface area contributed by atoms with Crippen LogP contribution in [-0.2, 0) is 6.42 Å². The summed E-state index contributed by atoms with van der Waals surface area (Å²) in [7, 11) is 0. The molecule has 0 aromatic carbocycles. The van der Waals surface area contributed by atoms with E-state index in [0.717, 1.165) is 22.4 Å². The van der Waals surface area contributed by atoms with Crippen LogP contribution in [0.5, 0.6) is 0 Å². The highest BCUT2D eigenvalue weighted by molar-refractivity contribution is 9.11. The molecule has 2 rings (SSSR count). The van der Waals surface area contributed by atoms with Crippen molar-refractivity contribution in [1.29, 1.82) is 5.26 Å². The Hall–Kier alpha value is -1.45. The van der Waals surface area contributed by atoms with Gasteiger partial charge in [0.15, 0.2) is 0 Å². The summed E-state index contributed by atoms with van der Waals surface area (Å²) in [4.78, 5) is 9.63. The maximum absolute atomic E-state index is 8.82. The molecule has 0 saturated heterocycles. The number of nitrogens with zero attached hydrogens (tertiary/aromatic N) is 3. The summed E-state index contributed by atoms with van der Waals surface area (Å²) >= 11 is 5.15. The van der Waals surface area contributed by atoms with E-state index in [4.69, 9.17) is 5.26 Å². The number of nitrogens with one attached hydrogen (secondary N) is 1. The van der Waals surface area contributed by atoms with Gasteiger partial charge < -0.3 is 5.32 Å². The Kier molecular flexibility index (Phi) is 4.28. The molecular weight excluding hydrogens is 312 g/mol. The average Bonchev–Trinajstić information content (AvgIpc) is 2.74. The minimum absolute atomic E-state index is 0.392. The molecule has 2 aromatic heterocycles. The average molecular weight is 323 g/mol. The van der Waals surface area contributed by atoms with Crippen LogP contribution in [0, 0.1) is 18.3 Å². The minimum atomic E-state index is 0.392. The number of hydrogen-bond donors (Lipinski definition) is 1. The number of nitriles is 1. The van der Waals surface area contributed by atoms with Crippen LogP contribution in [0.2, 0.25) is 0 Å². The molecule has 0 aliphatic rings. The summed E-state index contributed by atoms with van der Waals surface area (Å²) in [5, 5.41) is 12.0. The van der Waals surface area contributed by atoms with Gasteiger partial charge in [0.25, 0.3) is 0 Å². The molecule has 0 radical (unpaired) electrons. The second-order valence-corrected chi connectivity index (χ2v) is 6.26. The van der Waals surface area contributed by atoms with Crippen molar-refractivity contribution in [3.63, 3.8) is 0 Å². The van der Waals surface area contributed by atoms with Crippen molar-refractivity contribution < 1.29 is 0 Å². The van der Waals surface area contributed by atoms with Gasteiger partial charge >= 0.3 is 0 Å². The van der Waals surface area contributed by atoms with Gasteiger partial charge in [0.1, 0.15) is 11.8 Å². The first kappa shape index (κ1) is 13.0. The maximum Gasteiger partial charge on any atom is 0.224 e. The zero-order valence-electron chi connectivity index (χ0n) is 9.77. The second kappa shape index (κ2) is 5.94. The van der Waals surface area contributed by atoms with E-state index < -0.39 is 0 Å². The first-order valence-electron chi connectivity index (χ1n) is 5.41. The monoisotopic (exact) mass is 322 g/mol. The number of aromatic nitrogens is 2. The molecule has 1 N–H and O–H groups in total. The summed E-state index contributed by atoms with van der Waals surface area (Å²) in [6.07, 6.45) is 0.912. The number of aryl methyl sites for hydroxylation is 1. The molecule has 0 aliphatic heterocycles. The fourth-order valence-electron chi connectivity index (χ4n) is 1.49. The molecule has 0 spiro atoms. The van der Waals surface area contributed by atoms with Crippen molar-refractivity contribution in [3.05, 3.63) is 38.3 Å². The first-order valence-corrected chi connectivity index (χ1v) is 7.02. The van der Waals surface area contributed by atoms with E-state index in [1.54, 1.807) is 17.4 Å². The van der Waals surface area contributed by atoms with Crippen LogP contribution in [0.4, 0.5) is 5.95 Å². The second-order valence-electron chi connectivity index (χ2n) is 3.71. The summed E-state index contributed by atoms with van der Waals surface area (Å²) < 4.78 is 1.14. The molecule has 0 amide bonds. The van der Waals surface area contributed by atoms with Crippen LogP contribution in [0.1, 0.15) is 16.3 Å². The summed E-state index contributed by atoms with van der Waals surface area (Å²) in [5.74, 6) is 0.516. The van der Waals surface area contributed by atoms with E-state index in [-0.39, 0.29) is 0 Å². The normalized spacial score (nSPS) is 10.1. The van der Waals surface area contributed by atoms with Gasteiger partial charge in [-0.2, -0.15) is 5.26 Å². The SMILES string of the molecule is Cc1cc(C#N)nc(NCCc2ccc(Br)s2)n1. The van der Waals surface area contributed by atoms with Crippen LogP contribution < -0.4 is 5.32 Å². The molecular formula is C12H11BrN4S. The molecule has 92 valence electrons. The number of halogens is 1. The highest BCUT2D eigenvalue weighted by Crippen LogP contribution is 2.22. The largest absolute Gasteiger partial charge is 0.354 e. The van der Waals surface area contributed by atoms with Gasteiger partial charge in [0.05, 0.1) is 3.79 Å². The molecule has 0 unspecified atom stereocenters. The van der Waals surface area contributed by atoms with Crippen LogP contribution in [0.25, 0.3) is 0 Å². The van der Waals surface area contributed by atoms with E-state index in [2.05, 4.69) is 37.3 Å². The topological polar surface area (TPSA) is 61.6 Å². The number of rotatable bonds is 4. The summed E-state index contributed by atoms with van der Waals surface area (Å²) in [6.45, 7) is 2.60. The maximum atomic E-state index is 8.82. The smallest absolute Gasteiger partial charge is 0.224 e. The molecule has 2 heterocycles. The third-order valence-corrected chi connectivity index (χ3v) is 3.94. The molecule has 4 nitrogen and oxygen atoms in total. The summed E-state index contributed by atoms with van der Waals surface area (Å²) in [5.41, 5.74) is 1.19. The minimum Gasteiger partial charge on any atom is -0.354 e. The predicted molar refractivity (Wildman–Crippen MR) is 75.7 cm³/mol. The zero-order chi connectivity index (χ0) is 13.0. The highest BCUT2D eigenvalue weighted by Gasteiger charge is 2.02. The van der Waals surface area contributed by atoms with Gasteiger partial charge in [-0.05, 0) is 47.5 Å². The Morgan fingerprint density at radius 1 is 1.44 bits per heavy atom. The van der Waals surface area contributed by atoms with Crippen molar-refractivity contribution in [2.24, 2.45) is 0 Å². The lowest BCUT2D eigenvalue weighted by atomic mass is 10.3. The highest BCUT2D eigenvalue weighted by atomic mass is 79.9. The van der Waals surface area contributed by atoms with Crippen molar-refractivity contribution in [3.8, 4) is 6.07 Å². The predicted octanol–water partition coefficient (Wildman–Crippen LogP) is 3.14. The third-order valence-electron chi connectivity index (χ3n) is 2.25. The van der Waals surface area contributed by atoms with Crippen LogP contribution in [0.15, 0.2) is 22.0 Å². The van der Waals surface area contributed by atoms with Gasteiger partial charge in [-0.15, -0.1) is 11.3 Å². The molecule has 2 aromatic rings. The van der Waals surface area contributed by atoms with E-state index in [1.807, 2.05) is 19.1 Å². The van der Waals surface area contributed by atoms with Crippen molar-refractivity contribution in [2.45, 2.75) is 13.3 Å². The van der Waals surface area contributed by atoms with E-state index in [1.165, 1.54) is 4.88 Å². The quantitative estimate of drug-likeness (QED) is 0.939. The zero-order valence-corrected chi connectivity index (χ0v) is 12.2. The van der Waals surface area contributed by atoms with Gasteiger partial charge in [0.2, 0.25) is 5.95 Å². The molecule has 0 bridgehead atoms. The molecule has 0 fully saturated rings. The van der Waals surface area contributed by atoms with Crippen molar-refractivity contribution in [1.82, 2.24) is 9.97 Å². The fraction of sp³-hybridized carbons (Fsp3) is 0.250. The van der Waals surface area contributed by atoms with Crippen LogP contribution in [-0.4, -0.2) is 16.5 Å². The van der Waals surface area contributed by atoms with E-state index >= 15 is 0 Å². The Labute approximate surface area is 118 Å². The fourth-order valence-corrected chi connectivity index (χ4v) is 2.97. The molecule has 0 aliphatic carbocycles. The lowest BCUT2D eigenvalue weighted by Gasteiger charge is -2.04.